The molecule has 98 valence electrons. The summed E-state index contributed by atoms with van der Waals surface area (Å²) in [5.74, 6) is 1.58. The van der Waals surface area contributed by atoms with Crippen molar-refractivity contribution in [1.29, 1.82) is 0 Å². The number of hydrogen-bond acceptors (Lipinski definition) is 4. The summed E-state index contributed by atoms with van der Waals surface area (Å²) >= 11 is 0. The molecule has 2 aliphatic heterocycles. The number of rotatable bonds is 1. The topological polar surface area (TPSA) is 47.7 Å². The molecule has 0 aliphatic carbocycles. The molecule has 2 heterocycles. The molecular weight excluding hydrogens is 228 g/mol. The van der Waals surface area contributed by atoms with Gasteiger partial charge < -0.3 is 20.1 Å². The Morgan fingerprint density at radius 3 is 2.44 bits per heavy atom. The minimum atomic E-state index is 0.165. The van der Waals surface area contributed by atoms with Gasteiger partial charge in [0.15, 0.2) is 11.5 Å². The van der Waals surface area contributed by atoms with Gasteiger partial charge in [-0.15, -0.1) is 0 Å². The second-order valence-electron chi connectivity index (χ2n) is 5.62. The van der Waals surface area contributed by atoms with Gasteiger partial charge in [0, 0.05) is 24.2 Å². The van der Waals surface area contributed by atoms with Gasteiger partial charge in [-0.3, -0.25) is 0 Å². The molecule has 0 radical (unpaired) electrons. The van der Waals surface area contributed by atoms with Crippen molar-refractivity contribution in [3.8, 4) is 11.5 Å². The lowest BCUT2D eigenvalue weighted by molar-refractivity contribution is 0.171. The highest BCUT2D eigenvalue weighted by molar-refractivity contribution is 5.74. The Labute approximate surface area is 108 Å². The van der Waals surface area contributed by atoms with Crippen molar-refractivity contribution in [2.45, 2.75) is 32.2 Å². The highest BCUT2D eigenvalue weighted by Crippen LogP contribution is 2.43. The zero-order valence-corrected chi connectivity index (χ0v) is 11.0. The molecule has 2 N–H and O–H groups in total. The summed E-state index contributed by atoms with van der Waals surface area (Å²) < 4.78 is 11.2. The van der Waals surface area contributed by atoms with Crippen molar-refractivity contribution in [3.05, 3.63) is 12.1 Å². The molecule has 1 aromatic rings. The van der Waals surface area contributed by atoms with Crippen molar-refractivity contribution in [2.24, 2.45) is 0 Å². The van der Waals surface area contributed by atoms with E-state index in [1.165, 1.54) is 12.8 Å². The third kappa shape index (κ3) is 1.76. The van der Waals surface area contributed by atoms with Crippen LogP contribution in [0.15, 0.2) is 12.1 Å². The van der Waals surface area contributed by atoms with E-state index in [9.17, 15) is 0 Å². The molecule has 3 rings (SSSR count). The molecule has 1 fully saturated rings. The van der Waals surface area contributed by atoms with Crippen molar-refractivity contribution < 1.29 is 9.47 Å². The first-order valence-electron chi connectivity index (χ1n) is 6.55. The van der Waals surface area contributed by atoms with Gasteiger partial charge in [-0.2, -0.15) is 0 Å². The number of anilines is 2. The summed E-state index contributed by atoms with van der Waals surface area (Å²) in [4.78, 5) is 2.38. The second-order valence-corrected chi connectivity index (χ2v) is 5.62. The Kier molecular flexibility index (Phi) is 2.54. The first-order valence-corrected chi connectivity index (χ1v) is 6.55. The maximum absolute atomic E-state index is 6.17. The lowest BCUT2D eigenvalue weighted by atomic mass is 10.0. The van der Waals surface area contributed by atoms with E-state index in [4.69, 9.17) is 15.2 Å². The Bertz CT molecular complexity index is 471. The van der Waals surface area contributed by atoms with E-state index in [0.717, 1.165) is 29.4 Å². The standard InChI is InChI=1S/C14H20N2O2/c1-14(2)4-3-5-16(14)11-9-13-12(8-10(11)15)17-6-7-18-13/h8-9H,3-7,15H2,1-2H3. The SMILES string of the molecule is CC1(C)CCCN1c1cc2c(cc1N)OCCO2. The zero-order chi connectivity index (χ0) is 12.8. The molecule has 0 unspecified atom stereocenters. The van der Waals surface area contributed by atoms with Crippen LogP contribution in [0.1, 0.15) is 26.7 Å². The average Bonchev–Trinajstić information content (AvgIpc) is 2.68. The van der Waals surface area contributed by atoms with Crippen LogP contribution in [0.2, 0.25) is 0 Å². The summed E-state index contributed by atoms with van der Waals surface area (Å²) in [5, 5.41) is 0. The molecule has 0 aromatic heterocycles. The molecule has 0 bridgehead atoms. The van der Waals surface area contributed by atoms with Gasteiger partial charge in [-0.25, -0.2) is 0 Å². The summed E-state index contributed by atoms with van der Waals surface area (Å²) in [7, 11) is 0. The highest BCUT2D eigenvalue weighted by atomic mass is 16.6. The molecule has 4 heteroatoms. The quantitative estimate of drug-likeness (QED) is 0.775. The number of fused-ring (bicyclic) bond motifs is 1. The second kappa shape index (κ2) is 3.97. The molecule has 0 amide bonds. The monoisotopic (exact) mass is 248 g/mol. The summed E-state index contributed by atoms with van der Waals surface area (Å²) in [6.07, 6.45) is 2.40. The first kappa shape index (κ1) is 11.5. The molecule has 18 heavy (non-hydrogen) atoms. The molecular formula is C14H20N2O2. The summed E-state index contributed by atoms with van der Waals surface area (Å²) in [6.45, 7) is 6.78. The number of nitrogen functional groups attached to an aromatic ring is 1. The number of nitrogens with zero attached hydrogens (tertiary/aromatic N) is 1. The predicted octanol–water partition coefficient (Wildman–Crippen LogP) is 2.42. The zero-order valence-electron chi connectivity index (χ0n) is 11.0. The van der Waals surface area contributed by atoms with Gasteiger partial charge in [0.05, 0.1) is 11.4 Å². The number of hydrogen-bond donors (Lipinski definition) is 1. The van der Waals surface area contributed by atoms with E-state index in [1.807, 2.05) is 12.1 Å². The van der Waals surface area contributed by atoms with Crippen LogP contribution >= 0.6 is 0 Å². The number of nitrogens with two attached hydrogens (primary N) is 1. The van der Waals surface area contributed by atoms with Crippen LogP contribution in [0.4, 0.5) is 11.4 Å². The third-order valence-electron chi connectivity index (χ3n) is 3.88. The van der Waals surface area contributed by atoms with Crippen LogP contribution in [0.3, 0.4) is 0 Å². The van der Waals surface area contributed by atoms with Gasteiger partial charge >= 0.3 is 0 Å². The molecule has 0 saturated carbocycles. The Balaban J connectivity index is 2.02. The van der Waals surface area contributed by atoms with E-state index in [1.54, 1.807) is 0 Å². The number of benzene rings is 1. The van der Waals surface area contributed by atoms with Gasteiger partial charge in [0.25, 0.3) is 0 Å². The van der Waals surface area contributed by atoms with E-state index in [2.05, 4.69) is 18.7 Å². The number of ether oxygens (including phenoxy) is 2. The van der Waals surface area contributed by atoms with Gasteiger partial charge in [-0.05, 0) is 26.7 Å². The fourth-order valence-corrected chi connectivity index (χ4v) is 2.88. The van der Waals surface area contributed by atoms with Crippen LogP contribution in [0, 0.1) is 0 Å². The minimum absolute atomic E-state index is 0.165. The van der Waals surface area contributed by atoms with E-state index in [-0.39, 0.29) is 5.54 Å². The molecule has 0 atom stereocenters. The Hall–Kier alpha value is -1.58. The Morgan fingerprint density at radius 2 is 1.83 bits per heavy atom. The smallest absolute Gasteiger partial charge is 0.163 e. The molecule has 0 spiro atoms. The minimum Gasteiger partial charge on any atom is -0.486 e. The Morgan fingerprint density at radius 1 is 1.17 bits per heavy atom. The third-order valence-corrected chi connectivity index (χ3v) is 3.88. The predicted molar refractivity (Wildman–Crippen MR) is 72.5 cm³/mol. The summed E-state index contributed by atoms with van der Waals surface area (Å²) in [5.41, 5.74) is 8.18. The fraction of sp³-hybridized carbons (Fsp3) is 0.571. The van der Waals surface area contributed by atoms with Crippen LogP contribution in [-0.2, 0) is 0 Å². The highest BCUT2D eigenvalue weighted by Gasteiger charge is 2.33. The maximum Gasteiger partial charge on any atom is 0.163 e. The molecule has 1 saturated heterocycles. The van der Waals surface area contributed by atoms with Crippen LogP contribution < -0.4 is 20.1 Å². The van der Waals surface area contributed by atoms with Gasteiger partial charge in [0.2, 0.25) is 0 Å². The lowest BCUT2D eigenvalue weighted by Crippen LogP contribution is -2.38. The largest absolute Gasteiger partial charge is 0.486 e. The fourth-order valence-electron chi connectivity index (χ4n) is 2.88. The normalized spacial score (nSPS) is 21.1. The maximum atomic E-state index is 6.17. The lowest BCUT2D eigenvalue weighted by Gasteiger charge is -2.35. The van der Waals surface area contributed by atoms with Crippen molar-refractivity contribution in [3.63, 3.8) is 0 Å². The molecule has 1 aromatic carbocycles. The first-order chi connectivity index (χ1) is 8.58. The van der Waals surface area contributed by atoms with E-state index in [0.29, 0.717) is 13.2 Å². The van der Waals surface area contributed by atoms with Crippen LogP contribution in [0.25, 0.3) is 0 Å². The summed E-state index contributed by atoms with van der Waals surface area (Å²) in [6, 6.07) is 3.91. The van der Waals surface area contributed by atoms with Crippen LogP contribution in [-0.4, -0.2) is 25.3 Å². The molecule has 4 nitrogen and oxygen atoms in total. The average molecular weight is 248 g/mol. The van der Waals surface area contributed by atoms with Gasteiger partial charge in [0.1, 0.15) is 13.2 Å². The van der Waals surface area contributed by atoms with Crippen LogP contribution in [0.5, 0.6) is 11.5 Å². The van der Waals surface area contributed by atoms with E-state index < -0.39 is 0 Å². The van der Waals surface area contributed by atoms with Crippen molar-refractivity contribution >= 4 is 11.4 Å². The van der Waals surface area contributed by atoms with Crippen molar-refractivity contribution in [2.75, 3.05) is 30.4 Å². The van der Waals surface area contributed by atoms with Gasteiger partial charge in [-0.1, -0.05) is 0 Å². The molecule has 2 aliphatic rings. The van der Waals surface area contributed by atoms with Crippen molar-refractivity contribution in [1.82, 2.24) is 0 Å². The van der Waals surface area contributed by atoms with E-state index >= 15 is 0 Å².